The molecule has 5 rings (SSSR count). The molecule has 0 saturated heterocycles. The Balaban J connectivity index is 1.60. The average molecular weight is 451 g/mol. The highest BCUT2D eigenvalue weighted by atomic mass is 32.1. The summed E-state index contributed by atoms with van der Waals surface area (Å²) in [6.45, 7) is 11.3. The summed E-state index contributed by atoms with van der Waals surface area (Å²) in [5.41, 5.74) is 7.17. The Morgan fingerprint density at radius 1 is 0.879 bits per heavy atom. The lowest BCUT2D eigenvalue weighted by atomic mass is 9.82. The molecule has 0 aliphatic rings. The number of pyridine rings is 2. The first kappa shape index (κ1) is 21.8. The first-order valence-electron chi connectivity index (χ1n) is 11.7. The van der Waals surface area contributed by atoms with Crippen molar-refractivity contribution in [2.45, 2.75) is 46.5 Å². The normalized spacial score (nSPS) is 12.2. The van der Waals surface area contributed by atoms with Gasteiger partial charge in [-0.25, -0.2) is 4.98 Å². The van der Waals surface area contributed by atoms with E-state index in [9.17, 15) is 0 Å². The van der Waals surface area contributed by atoms with Crippen molar-refractivity contribution in [3.05, 3.63) is 83.5 Å². The third kappa shape index (κ3) is 4.30. The van der Waals surface area contributed by atoms with Crippen molar-refractivity contribution in [1.29, 1.82) is 0 Å². The van der Waals surface area contributed by atoms with Crippen LogP contribution in [0.3, 0.4) is 0 Å². The average Bonchev–Trinajstić information content (AvgIpc) is 3.20. The third-order valence-electron chi connectivity index (χ3n) is 6.15. The van der Waals surface area contributed by atoms with E-state index in [0.717, 1.165) is 22.5 Å². The summed E-state index contributed by atoms with van der Waals surface area (Å²) in [5.74, 6) is 0.608. The maximum atomic E-state index is 4.92. The van der Waals surface area contributed by atoms with E-state index in [1.807, 2.05) is 6.20 Å². The summed E-state index contributed by atoms with van der Waals surface area (Å²) < 4.78 is 0. The van der Waals surface area contributed by atoms with E-state index < -0.39 is 0 Å². The molecule has 3 heterocycles. The minimum Gasteiger partial charge on any atom is -0.256 e. The highest BCUT2D eigenvalue weighted by molar-refractivity contribution is 7.17. The van der Waals surface area contributed by atoms with Crippen LogP contribution in [0.5, 0.6) is 0 Å². The van der Waals surface area contributed by atoms with Gasteiger partial charge in [0.2, 0.25) is 0 Å². The van der Waals surface area contributed by atoms with E-state index in [4.69, 9.17) is 9.97 Å². The highest BCUT2D eigenvalue weighted by Crippen LogP contribution is 2.37. The number of hydrogen-bond donors (Lipinski definition) is 0. The third-order valence-corrected chi connectivity index (χ3v) is 7.04. The van der Waals surface area contributed by atoms with Gasteiger partial charge < -0.3 is 0 Å². The molecular weight excluding hydrogens is 420 g/mol. The number of hydrogen-bond acceptors (Lipinski definition) is 3. The molecule has 0 aliphatic carbocycles. The van der Waals surface area contributed by atoms with Gasteiger partial charge in [-0.1, -0.05) is 58.9 Å². The molecule has 0 saturated carbocycles. The molecule has 0 spiro atoms. The standard InChI is InChI=1S/C30H30N2S/c1-19(2)14-23-10-11-25-26(18-33-29(25)32-23)21-12-13-31-28(17-21)22-15-20-8-6-7-9-24(20)27(16-22)30(3,4)5/h6-13,15-19H,14H2,1-5H3. The molecule has 0 bridgehead atoms. The van der Waals surface area contributed by atoms with E-state index in [1.165, 1.54) is 38.5 Å². The predicted octanol–water partition coefficient (Wildman–Crippen LogP) is 8.67. The van der Waals surface area contributed by atoms with Crippen molar-refractivity contribution < 1.29 is 0 Å². The molecule has 3 heteroatoms. The number of thiophene rings is 1. The topological polar surface area (TPSA) is 25.8 Å². The van der Waals surface area contributed by atoms with Crippen molar-refractivity contribution in [3.8, 4) is 22.4 Å². The fourth-order valence-electron chi connectivity index (χ4n) is 4.54. The minimum atomic E-state index is 0.0517. The smallest absolute Gasteiger partial charge is 0.124 e. The van der Waals surface area contributed by atoms with E-state index in [-0.39, 0.29) is 5.41 Å². The Morgan fingerprint density at radius 3 is 2.48 bits per heavy atom. The van der Waals surface area contributed by atoms with Gasteiger partial charge in [0.25, 0.3) is 0 Å². The molecule has 33 heavy (non-hydrogen) atoms. The zero-order chi connectivity index (χ0) is 23.2. The SMILES string of the molecule is CC(C)Cc1ccc2c(-c3ccnc(-c4cc(C(C)(C)C)c5ccccc5c4)c3)csc2n1. The van der Waals surface area contributed by atoms with Crippen molar-refractivity contribution >= 4 is 32.3 Å². The molecule has 0 unspecified atom stereocenters. The molecule has 0 fully saturated rings. The molecule has 3 aromatic heterocycles. The molecule has 2 nitrogen and oxygen atoms in total. The lowest BCUT2D eigenvalue weighted by molar-refractivity contribution is 0.596. The van der Waals surface area contributed by atoms with E-state index in [2.05, 4.69) is 101 Å². The van der Waals surface area contributed by atoms with Crippen LogP contribution in [0.15, 0.2) is 72.2 Å². The Hall–Kier alpha value is -3.04. The second kappa shape index (κ2) is 8.39. The number of fused-ring (bicyclic) bond motifs is 2. The molecule has 0 N–H and O–H groups in total. The van der Waals surface area contributed by atoms with Crippen LogP contribution in [0.2, 0.25) is 0 Å². The summed E-state index contributed by atoms with van der Waals surface area (Å²) in [7, 11) is 0. The monoisotopic (exact) mass is 450 g/mol. The largest absolute Gasteiger partial charge is 0.256 e. The van der Waals surface area contributed by atoms with Gasteiger partial charge in [-0.2, -0.15) is 0 Å². The summed E-state index contributed by atoms with van der Waals surface area (Å²) in [6.07, 6.45) is 2.95. The highest BCUT2D eigenvalue weighted by Gasteiger charge is 2.19. The lowest BCUT2D eigenvalue weighted by Crippen LogP contribution is -2.12. The second-order valence-corrected chi connectivity index (χ2v) is 11.2. The molecular formula is C30H30N2S. The Bertz CT molecular complexity index is 1450. The van der Waals surface area contributed by atoms with E-state index in [1.54, 1.807) is 11.3 Å². The lowest BCUT2D eigenvalue weighted by Gasteiger charge is -2.22. The number of rotatable bonds is 4. The van der Waals surface area contributed by atoms with Gasteiger partial charge in [0, 0.05) is 33.8 Å². The summed E-state index contributed by atoms with van der Waals surface area (Å²) in [6, 6.07) is 22.0. The van der Waals surface area contributed by atoms with Crippen LogP contribution in [0.25, 0.3) is 43.4 Å². The Kier molecular flexibility index (Phi) is 5.54. The van der Waals surface area contributed by atoms with Crippen molar-refractivity contribution in [3.63, 3.8) is 0 Å². The van der Waals surface area contributed by atoms with Crippen LogP contribution in [0, 0.1) is 5.92 Å². The fraction of sp³-hybridized carbons (Fsp3) is 0.267. The van der Waals surface area contributed by atoms with Gasteiger partial charge in [-0.3, -0.25) is 4.98 Å². The molecule has 0 atom stereocenters. The van der Waals surface area contributed by atoms with Crippen LogP contribution in [-0.4, -0.2) is 9.97 Å². The first-order valence-corrected chi connectivity index (χ1v) is 12.5. The maximum Gasteiger partial charge on any atom is 0.124 e. The summed E-state index contributed by atoms with van der Waals surface area (Å²) in [5, 5.41) is 6.03. The summed E-state index contributed by atoms with van der Waals surface area (Å²) in [4.78, 5) is 10.8. The maximum absolute atomic E-state index is 4.92. The van der Waals surface area contributed by atoms with Gasteiger partial charge >= 0.3 is 0 Å². The predicted molar refractivity (Wildman–Crippen MR) is 143 cm³/mol. The quantitative estimate of drug-likeness (QED) is 0.274. The zero-order valence-corrected chi connectivity index (χ0v) is 20.8. The summed E-state index contributed by atoms with van der Waals surface area (Å²) >= 11 is 1.73. The van der Waals surface area contributed by atoms with Gasteiger partial charge in [-0.05, 0) is 76.1 Å². The van der Waals surface area contributed by atoms with Crippen LogP contribution in [-0.2, 0) is 11.8 Å². The van der Waals surface area contributed by atoms with Gasteiger partial charge in [0.1, 0.15) is 4.83 Å². The fourth-order valence-corrected chi connectivity index (χ4v) is 5.51. The number of benzene rings is 2. The number of nitrogens with zero attached hydrogens (tertiary/aromatic N) is 2. The molecule has 0 radical (unpaired) electrons. The minimum absolute atomic E-state index is 0.0517. The van der Waals surface area contributed by atoms with Crippen LogP contribution in [0.1, 0.15) is 45.9 Å². The molecule has 2 aromatic carbocycles. The van der Waals surface area contributed by atoms with Gasteiger partial charge in [-0.15, -0.1) is 11.3 Å². The molecule has 5 aromatic rings. The Labute approximate surface area is 200 Å². The van der Waals surface area contributed by atoms with Crippen LogP contribution in [0.4, 0.5) is 0 Å². The van der Waals surface area contributed by atoms with Crippen LogP contribution >= 0.6 is 11.3 Å². The van der Waals surface area contributed by atoms with E-state index >= 15 is 0 Å². The molecule has 0 amide bonds. The first-order chi connectivity index (χ1) is 15.8. The number of aromatic nitrogens is 2. The van der Waals surface area contributed by atoms with Crippen molar-refractivity contribution in [2.24, 2.45) is 5.92 Å². The van der Waals surface area contributed by atoms with Crippen LogP contribution < -0.4 is 0 Å². The Morgan fingerprint density at radius 2 is 1.70 bits per heavy atom. The van der Waals surface area contributed by atoms with Gasteiger partial charge in [0.15, 0.2) is 0 Å². The van der Waals surface area contributed by atoms with E-state index in [0.29, 0.717) is 5.92 Å². The van der Waals surface area contributed by atoms with Crippen molar-refractivity contribution in [1.82, 2.24) is 9.97 Å². The second-order valence-electron chi connectivity index (χ2n) is 10.3. The molecule has 0 aliphatic heterocycles. The van der Waals surface area contributed by atoms with Crippen molar-refractivity contribution in [2.75, 3.05) is 0 Å². The molecule has 166 valence electrons. The van der Waals surface area contributed by atoms with Gasteiger partial charge in [0.05, 0.1) is 5.69 Å². The zero-order valence-electron chi connectivity index (χ0n) is 20.0.